The number of fused-ring (bicyclic) bond motifs is 1. The fourth-order valence-electron chi connectivity index (χ4n) is 4.59. The zero-order valence-electron chi connectivity index (χ0n) is 20.9. The summed E-state index contributed by atoms with van der Waals surface area (Å²) in [5.41, 5.74) is 2.98. The van der Waals surface area contributed by atoms with Crippen molar-refractivity contribution < 1.29 is 24.2 Å². The van der Waals surface area contributed by atoms with E-state index in [9.17, 15) is 14.7 Å². The number of hydrogen-bond donors (Lipinski definition) is 1. The number of rotatable bonds is 7. The molecule has 1 aliphatic rings. The van der Waals surface area contributed by atoms with Gasteiger partial charge in [0.25, 0.3) is 5.78 Å². The topological polar surface area (TPSA) is 106 Å². The molecule has 0 saturated carbocycles. The van der Waals surface area contributed by atoms with Crippen LogP contribution in [-0.4, -0.2) is 44.4 Å². The summed E-state index contributed by atoms with van der Waals surface area (Å²) in [7, 11) is 0. The Labute approximate surface area is 217 Å². The Kier molecular flexibility index (Phi) is 6.43. The van der Waals surface area contributed by atoms with Gasteiger partial charge in [-0.05, 0) is 57.0 Å². The lowest BCUT2D eigenvalue weighted by Gasteiger charge is -2.24. The second-order valence-corrected chi connectivity index (χ2v) is 9.36. The van der Waals surface area contributed by atoms with Crippen LogP contribution in [0, 0.1) is 13.8 Å². The minimum Gasteiger partial charge on any atom is -0.505 e. The number of thiazole rings is 1. The number of Topliss-reactive ketones (excluding diaryl/α,β-unsaturated/α-hetero) is 1. The molecule has 1 unspecified atom stereocenters. The van der Waals surface area contributed by atoms with Gasteiger partial charge in [0.2, 0.25) is 0 Å². The normalized spacial score (nSPS) is 17.1. The highest BCUT2D eigenvalue weighted by Gasteiger charge is 2.48. The highest BCUT2D eigenvalue weighted by Crippen LogP contribution is 2.44. The van der Waals surface area contributed by atoms with Gasteiger partial charge in [0.15, 0.2) is 22.4 Å². The summed E-state index contributed by atoms with van der Waals surface area (Å²) in [6.45, 7) is 8.31. The fourth-order valence-corrected chi connectivity index (χ4v) is 5.26. The number of aliphatic hydroxyl groups is 1. The molecule has 10 heteroatoms. The maximum atomic E-state index is 13.5. The van der Waals surface area contributed by atoms with Gasteiger partial charge in [-0.15, -0.1) is 11.3 Å². The third kappa shape index (κ3) is 4.03. The maximum Gasteiger partial charge on any atom is 0.301 e. The largest absolute Gasteiger partial charge is 0.505 e. The Bertz CT molecular complexity index is 1540. The monoisotopic (exact) mass is 518 g/mol. The van der Waals surface area contributed by atoms with E-state index in [1.54, 1.807) is 29.8 Å². The minimum atomic E-state index is -0.939. The van der Waals surface area contributed by atoms with Gasteiger partial charge in [-0.1, -0.05) is 12.1 Å². The summed E-state index contributed by atoms with van der Waals surface area (Å²) < 4.78 is 13.3. The second-order valence-electron chi connectivity index (χ2n) is 8.49. The van der Waals surface area contributed by atoms with Crippen molar-refractivity contribution in [3.05, 3.63) is 76.2 Å². The quantitative estimate of drug-likeness (QED) is 0.212. The van der Waals surface area contributed by atoms with Crippen molar-refractivity contribution in [2.24, 2.45) is 0 Å². The predicted octanol–water partition coefficient (Wildman–Crippen LogP) is 4.83. The molecule has 0 aliphatic carbocycles. The molecule has 5 rings (SSSR count). The fraction of sp³-hybridized carbons (Fsp3) is 0.259. The third-order valence-corrected chi connectivity index (χ3v) is 7.03. The second kappa shape index (κ2) is 9.70. The average Bonchev–Trinajstić information content (AvgIpc) is 3.59. The third-order valence-electron chi connectivity index (χ3n) is 6.26. The molecule has 4 aromatic rings. The van der Waals surface area contributed by atoms with Crippen LogP contribution in [0.15, 0.2) is 53.7 Å². The highest BCUT2D eigenvalue weighted by atomic mass is 32.1. The molecule has 1 saturated heterocycles. The van der Waals surface area contributed by atoms with E-state index >= 15 is 0 Å². The Morgan fingerprint density at radius 2 is 1.86 bits per heavy atom. The average molecular weight is 519 g/mol. The number of aromatic nitrogens is 3. The number of nitrogens with zero attached hydrogens (tertiary/aromatic N) is 4. The van der Waals surface area contributed by atoms with Crippen LogP contribution < -0.4 is 14.4 Å². The number of anilines is 1. The van der Waals surface area contributed by atoms with Crippen LogP contribution in [0.1, 0.15) is 42.4 Å². The number of ether oxygens (including phenoxy) is 2. The number of aliphatic hydroxyl groups excluding tert-OH is 1. The van der Waals surface area contributed by atoms with Gasteiger partial charge in [-0.3, -0.25) is 14.5 Å². The van der Waals surface area contributed by atoms with Crippen molar-refractivity contribution >= 4 is 39.6 Å². The van der Waals surface area contributed by atoms with E-state index in [0.29, 0.717) is 46.7 Å². The molecule has 0 radical (unpaired) electrons. The minimum absolute atomic E-state index is 0.0593. The van der Waals surface area contributed by atoms with Gasteiger partial charge in [0, 0.05) is 17.8 Å². The van der Waals surface area contributed by atoms with Crippen molar-refractivity contribution in [2.45, 2.75) is 33.7 Å². The van der Waals surface area contributed by atoms with Gasteiger partial charge in [0.1, 0.15) is 11.3 Å². The van der Waals surface area contributed by atoms with Crippen LogP contribution in [0.25, 0.3) is 11.4 Å². The van der Waals surface area contributed by atoms with Gasteiger partial charge in [-0.25, -0.2) is 9.97 Å². The summed E-state index contributed by atoms with van der Waals surface area (Å²) in [6, 6.07) is 8.11. The van der Waals surface area contributed by atoms with E-state index in [-0.39, 0.29) is 17.0 Å². The number of carbonyl (C=O) groups is 2. The van der Waals surface area contributed by atoms with Crippen molar-refractivity contribution in [3.63, 3.8) is 0 Å². The molecule has 9 nitrogen and oxygen atoms in total. The van der Waals surface area contributed by atoms with Gasteiger partial charge < -0.3 is 19.0 Å². The van der Waals surface area contributed by atoms with Crippen molar-refractivity contribution in [1.29, 1.82) is 0 Å². The molecule has 3 aromatic heterocycles. The van der Waals surface area contributed by atoms with Crippen LogP contribution in [0.4, 0.5) is 5.13 Å². The molecular formula is C27H26N4O5S. The summed E-state index contributed by atoms with van der Waals surface area (Å²) in [6.07, 6.45) is 3.41. The number of aryl methyl sites for hydroxylation is 2. The molecule has 1 atom stereocenters. The molecule has 1 amide bonds. The Morgan fingerprint density at radius 1 is 1.11 bits per heavy atom. The number of amides is 1. The summed E-state index contributed by atoms with van der Waals surface area (Å²) in [5.74, 6) is -0.893. The lowest BCUT2D eigenvalue weighted by Crippen LogP contribution is -2.29. The first-order valence-electron chi connectivity index (χ1n) is 11.9. The first-order valence-corrected chi connectivity index (χ1v) is 12.8. The Hall–Kier alpha value is -4.18. The number of pyridine rings is 1. The first-order chi connectivity index (χ1) is 17.9. The Morgan fingerprint density at radius 3 is 2.54 bits per heavy atom. The SMILES string of the molecule is CCOc1ccc(C2C(=C(O)c3nc4c(C)cccn4c3C)C(=O)C(=O)N2c2nccs2)cc1OCC. The van der Waals surface area contributed by atoms with Crippen LogP contribution in [0.5, 0.6) is 11.5 Å². The number of hydrogen-bond acceptors (Lipinski definition) is 8. The molecule has 0 bridgehead atoms. The first kappa shape index (κ1) is 24.5. The van der Waals surface area contributed by atoms with Crippen molar-refractivity contribution in [2.75, 3.05) is 18.1 Å². The van der Waals surface area contributed by atoms with Crippen LogP contribution >= 0.6 is 11.3 Å². The van der Waals surface area contributed by atoms with E-state index in [2.05, 4.69) is 9.97 Å². The smallest absolute Gasteiger partial charge is 0.301 e. The van der Waals surface area contributed by atoms with Crippen LogP contribution in [0.2, 0.25) is 0 Å². The van der Waals surface area contributed by atoms with Crippen molar-refractivity contribution in [1.82, 2.24) is 14.4 Å². The summed E-state index contributed by atoms with van der Waals surface area (Å²) in [4.78, 5) is 37.0. The summed E-state index contributed by atoms with van der Waals surface area (Å²) in [5, 5.41) is 13.6. The zero-order valence-corrected chi connectivity index (χ0v) is 21.7. The Balaban J connectivity index is 1.75. The van der Waals surface area contributed by atoms with Gasteiger partial charge in [-0.2, -0.15) is 0 Å². The molecule has 1 N–H and O–H groups in total. The lowest BCUT2D eigenvalue weighted by molar-refractivity contribution is -0.132. The van der Waals surface area contributed by atoms with E-state index < -0.39 is 17.7 Å². The molecule has 1 aromatic carbocycles. The molecular weight excluding hydrogens is 492 g/mol. The van der Waals surface area contributed by atoms with E-state index in [4.69, 9.17) is 9.47 Å². The molecule has 37 heavy (non-hydrogen) atoms. The van der Waals surface area contributed by atoms with Crippen LogP contribution in [0.3, 0.4) is 0 Å². The zero-order chi connectivity index (χ0) is 26.3. The number of imidazole rings is 1. The predicted molar refractivity (Wildman–Crippen MR) is 140 cm³/mol. The summed E-state index contributed by atoms with van der Waals surface area (Å²) >= 11 is 1.23. The molecule has 190 valence electrons. The molecule has 4 heterocycles. The van der Waals surface area contributed by atoms with Crippen molar-refractivity contribution in [3.8, 4) is 11.5 Å². The van der Waals surface area contributed by atoms with E-state index in [1.165, 1.54) is 16.2 Å². The van der Waals surface area contributed by atoms with E-state index in [0.717, 1.165) is 5.56 Å². The maximum absolute atomic E-state index is 13.5. The highest BCUT2D eigenvalue weighted by molar-refractivity contribution is 7.14. The van der Waals surface area contributed by atoms with Crippen LogP contribution in [-0.2, 0) is 9.59 Å². The number of carbonyl (C=O) groups excluding carboxylic acids is 2. The van der Waals surface area contributed by atoms with Gasteiger partial charge in [0.05, 0.1) is 30.5 Å². The molecule has 1 fully saturated rings. The molecule has 1 aliphatic heterocycles. The van der Waals surface area contributed by atoms with Gasteiger partial charge >= 0.3 is 5.91 Å². The molecule has 0 spiro atoms. The number of benzene rings is 1. The van der Waals surface area contributed by atoms with E-state index in [1.807, 2.05) is 50.4 Å². The lowest BCUT2D eigenvalue weighted by atomic mass is 9.96. The standard InChI is InChI=1S/C27H26N4O5S/c1-5-35-18-10-9-17(14-19(18)36-6-2)22-20(24(33)26(34)31(22)27-28-11-13-37-27)23(32)21-16(4)30-12-7-8-15(3)25(30)29-21/h7-14,22,32H,5-6H2,1-4H3. The number of ketones is 1.